The van der Waals surface area contributed by atoms with Gasteiger partial charge in [-0.25, -0.2) is 0 Å². The van der Waals surface area contributed by atoms with E-state index in [1.54, 1.807) is 14.2 Å². The predicted molar refractivity (Wildman–Crippen MR) is 123 cm³/mol. The number of hydrogen-bond acceptors (Lipinski definition) is 5. The van der Waals surface area contributed by atoms with Gasteiger partial charge >= 0.3 is 8.56 Å². The summed E-state index contributed by atoms with van der Waals surface area (Å²) in [6.07, 6.45) is 4.18. The Morgan fingerprint density at radius 3 is 1.97 bits per heavy atom. The third-order valence-corrected chi connectivity index (χ3v) is 8.44. The van der Waals surface area contributed by atoms with Gasteiger partial charge in [-0.2, -0.15) is 0 Å². The van der Waals surface area contributed by atoms with Crippen LogP contribution in [0.3, 0.4) is 0 Å². The topological polar surface area (TPSA) is 40.2 Å². The molecule has 168 valence electrons. The highest BCUT2D eigenvalue weighted by Crippen LogP contribution is 2.23. The van der Waals surface area contributed by atoms with E-state index in [0.717, 1.165) is 83.8 Å². The maximum Gasteiger partial charge on any atom is 0.342 e. The molecule has 0 aliphatic heterocycles. The van der Waals surface area contributed by atoms with Crippen molar-refractivity contribution in [3.63, 3.8) is 0 Å². The van der Waals surface area contributed by atoms with Crippen LogP contribution in [0.5, 0.6) is 0 Å². The van der Waals surface area contributed by atoms with E-state index in [-0.39, 0.29) is 0 Å². The van der Waals surface area contributed by atoms with Gasteiger partial charge in [0.25, 0.3) is 0 Å². The van der Waals surface area contributed by atoms with Crippen LogP contribution in [0.4, 0.5) is 0 Å². The second-order valence-corrected chi connectivity index (χ2v) is 10.8. The quantitative estimate of drug-likeness (QED) is 0.242. The number of rotatable bonds is 19. The van der Waals surface area contributed by atoms with Crippen molar-refractivity contribution in [1.82, 2.24) is 4.90 Å². The second-order valence-electron chi connectivity index (χ2n) is 7.55. The van der Waals surface area contributed by atoms with E-state index < -0.39 is 8.56 Å². The Kier molecular flexibility index (Phi) is 15.4. The minimum Gasteiger partial charge on any atom is -0.394 e. The van der Waals surface area contributed by atoms with Crippen LogP contribution < -0.4 is 0 Å². The van der Waals surface area contributed by atoms with Gasteiger partial charge < -0.3 is 23.2 Å². The zero-order valence-electron chi connectivity index (χ0n) is 19.2. The molecule has 0 saturated carbocycles. The Hall–Kier alpha value is -0.763. The van der Waals surface area contributed by atoms with Gasteiger partial charge in [0.05, 0.1) is 6.61 Å². The van der Waals surface area contributed by atoms with Crippen molar-refractivity contribution in [2.75, 3.05) is 60.3 Å². The summed E-state index contributed by atoms with van der Waals surface area (Å²) in [5.74, 6) is 0. The number of methoxy groups -OCH3 is 2. The van der Waals surface area contributed by atoms with Crippen molar-refractivity contribution < 1.29 is 18.3 Å². The molecule has 6 heteroatoms. The number of benzene rings is 1. The van der Waals surface area contributed by atoms with Gasteiger partial charge in [-0.1, -0.05) is 44.2 Å². The van der Waals surface area contributed by atoms with E-state index in [1.807, 2.05) is 0 Å². The Morgan fingerprint density at radius 2 is 1.38 bits per heavy atom. The van der Waals surface area contributed by atoms with Crippen LogP contribution in [0.25, 0.3) is 0 Å². The first-order valence-corrected chi connectivity index (χ1v) is 13.4. The van der Waals surface area contributed by atoms with E-state index in [4.69, 9.17) is 18.3 Å². The highest BCUT2D eigenvalue weighted by Gasteiger charge is 2.37. The Morgan fingerprint density at radius 1 is 0.759 bits per heavy atom. The van der Waals surface area contributed by atoms with Crippen molar-refractivity contribution in [1.29, 1.82) is 0 Å². The Balaban J connectivity index is 2.75. The van der Waals surface area contributed by atoms with Gasteiger partial charge in [0.1, 0.15) is 0 Å². The maximum absolute atomic E-state index is 6.50. The summed E-state index contributed by atoms with van der Waals surface area (Å²) >= 11 is 0. The van der Waals surface area contributed by atoms with E-state index in [9.17, 15) is 0 Å². The molecule has 0 amide bonds. The van der Waals surface area contributed by atoms with Crippen LogP contribution in [-0.2, 0) is 24.4 Å². The molecule has 5 nitrogen and oxygen atoms in total. The van der Waals surface area contributed by atoms with Gasteiger partial charge in [-0.15, -0.1) is 0 Å². The lowest BCUT2D eigenvalue weighted by atomic mass is 10.2. The van der Waals surface area contributed by atoms with Crippen LogP contribution in [0.1, 0.15) is 45.1 Å². The molecular weight excluding hydrogens is 382 g/mol. The highest BCUT2D eigenvalue weighted by molar-refractivity contribution is 6.66. The molecule has 0 atom stereocenters. The lowest BCUT2D eigenvalue weighted by molar-refractivity contribution is 0.130. The lowest BCUT2D eigenvalue weighted by Gasteiger charge is -2.32. The number of hydrogen-bond donors (Lipinski definition) is 0. The molecule has 0 spiro atoms. The third kappa shape index (κ3) is 11.9. The minimum atomic E-state index is -2.30. The zero-order valence-corrected chi connectivity index (χ0v) is 20.2. The average Bonchev–Trinajstić information content (AvgIpc) is 2.75. The van der Waals surface area contributed by atoms with Crippen molar-refractivity contribution >= 4 is 8.56 Å². The van der Waals surface area contributed by atoms with Gasteiger partial charge in [-0.3, -0.25) is 0 Å². The fourth-order valence-electron chi connectivity index (χ4n) is 3.42. The van der Waals surface area contributed by atoms with Crippen molar-refractivity contribution in [3.8, 4) is 0 Å². The summed E-state index contributed by atoms with van der Waals surface area (Å²) in [5.41, 5.74) is 1.32. The first-order chi connectivity index (χ1) is 14.2. The van der Waals surface area contributed by atoms with Gasteiger partial charge in [0, 0.05) is 53.2 Å². The molecule has 0 heterocycles. The summed E-state index contributed by atoms with van der Waals surface area (Å²) < 4.78 is 23.5. The van der Waals surface area contributed by atoms with Crippen LogP contribution >= 0.6 is 0 Å². The number of nitrogens with zero attached hydrogens (tertiary/aromatic N) is 1. The van der Waals surface area contributed by atoms with Gasteiger partial charge in [0.15, 0.2) is 0 Å². The molecule has 29 heavy (non-hydrogen) atoms. The van der Waals surface area contributed by atoms with Crippen LogP contribution in [0.15, 0.2) is 30.3 Å². The van der Waals surface area contributed by atoms with Crippen LogP contribution in [0.2, 0.25) is 6.04 Å². The molecule has 0 radical (unpaired) electrons. The van der Waals surface area contributed by atoms with Crippen LogP contribution in [-0.4, -0.2) is 73.7 Å². The van der Waals surface area contributed by atoms with Crippen molar-refractivity contribution in [2.24, 2.45) is 0 Å². The third-order valence-electron chi connectivity index (χ3n) is 4.92. The van der Waals surface area contributed by atoms with E-state index in [1.165, 1.54) is 5.56 Å². The zero-order chi connectivity index (χ0) is 21.2. The predicted octanol–water partition coefficient (Wildman–Crippen LogP) is 4.44. The molecule has 1 aromatic carbocycles. The maximum atomic E-state index is 6.50. The van der Waals surface area contributed by atoms with E-state index in [0.29, 0.717) is 0 Å². The standard InChI is InChI=1S/C23H43NO4Si/c1-5-17-27-29(28-18-6-2,22-23-12-8-7-9-13-23)21-11-15-24(16-20-26-4)14-10-19-25-3/h7-9,12-13H,5-6,10-11,14-22H2,1-4H3. The van der Waals surface area contributed by atoms with Crippen molar-refractivity contribution in [3.05, 3.63) is 35.9 Å². The molecule has 0 bridgehead atoms. The minimum absolute atomic E-state index is 0.762. The summed E-state index contributed by atoms with van der Waals surface area (Å²) in [5, 5.41) is 0. The molecular formula is C23H43NO4Si. The van der Waals surface area contributed by atoms with Gasteiger partial charge in [-0.05, 0) is 43.8 Å². The lowest BCUT2D eigenvalue weighted by Crippen LogP contribution is -2.46. The normalized spacial score (nSPS) is 12.0. The Bertz CT molecular complexity index is 481. The monoisotopic (exact) mass is 425 g/mol. The largest absolute Gasteiger partial charge is 0.394 e. The molecule has 1 rings (SSSR count). The molecule has 1 aromatic rings. The first-order valence-electron chi connectivity index (χ1n) is 11.2. The highest BCUT2D eigenvalue weighted by atomic mass is 28.4. The number of ether oxygens (including phenoxy) is 2. The molecule has 0 N–H and O–H groups in total. The summed E-state index contributed by atoms with van der Waals surface area (Å²) in [6.45, 7) is 10.5. The fourth-order valence-corrected chi connectivity index (χ4v) is 6.88. The fraction of sp³-hybridized carbons (Fsp3) is 0.739. The SMILES string of the molecule is CCCO[Si](CCCN(CCCOC)CCOC)(Cc1ccccc1)OCCC. The van der Waals surface area contributed by atoms with Crippen LogP contribution in [0, 0.1) is 0 Å². The summed E-state index contributed by atoms with van der Waals surface area (Å²) in [4.78, 5) is 2.48. The first kappa shape index (κ1) is 26.3. The smallest absolute Gasteiger partial charge is 0.342 e. The van der Waals surface area contributed by atoms with E-state index in [2.05, 4.69) is 49.1 Å². The summed E-state index contributed by atoms with van der Waals surface area (Å²) in [7, 11) is 1.23. The average molecular weight is 426 g/mol. The molecule has 0 saturated heterocycles. The molecule has 0 aromatic heterocycles. The molecule has 0 aliphatic carbocycles. The van der Waals surface area contributed by atoms with Gasteiger partial charge in [0.2, 0.25) is 0 Å². The Labute approximate surface area is 179 Å². The summed E-state index contributed by atoms with van der Waals surface area (Å²) in [6, 6.07) is 12.6. The molecule has 0 unspecified atom stereocenters. The molecule has 0 aliphatic rings. The van der Waals surface area contributed by atoms with E-state index >= 15 is 0 Å². The van der Waals surface area contributed by atoms with Crippen molar-refractivity contribution in [2.45, 2.75) is 51.6 Å². The molecule has 0 fully saturated rings. The second kappa shape index (κ2) is 17.0.